The highest BCUT2D eigenvalue weighted by molar-refractivity contribution is 6.17. The minimum absolute atomic E-state index is 0.671. The molecule has 0 saturated heterocycles. The molecule has 82 valence electrons. The number of hydrogen-bond acceptors (Lipinski definition) is 1. The molecule has 0 bridgehead atoms. The van der Waals surface area contributed by atoms with Crippen molar-refractivity contribution in [1.29, 1.82) is 0 Å². The summed E-state index contributed by atoms with van der Waals surface area (Å²) in [7, 11) is 1.69. The second-order valence-corrected chi connectivity index (χ2v) is 3.93. The number of halogens is 1. The van der Waals surface area contributed by atoms with Crippen molar-refractivity contribution in [2.45, 2.75) is 20.3 Å². The summed E-state index contributed by atoms with van der Waals surface area (Å²) in [5.74, 6) is 1.59. The third kappa shape index (κ3) is 3.28. The first-order valence-corrected chi connectivity index (χ1v) is 5.60. The van der Waals surface area contributed by atoms with Gasteiger partial charge in [-0.25, -0.2) is 0 Å². The molecule has 0 spiro atoms. The van der Waals surface area contributed by atoms with E-state index in [1.165, 1.54) is 16.7 Å². The van der Waals surface area contributed by atoms with Crippen LogP contribution in [0.1, 0.15) is 23.1 Å². The number of methoxy groups -OCH3 is 1. The van der Waals surface area contributed by atoms with Crippen molar-refractivity contribution in [3.8, 4) is 5.75 Å². The first-order chi connectivity index (χ1) is 7.19. The summed E-state index contributed by atoms with van der Waals surface area (Å²) in [4.78, 5) is 0. The summed E-state index contributed by atoms with van der Waals surface area (Å²) in [6.45, 7) is 4.19. The minimum atomic E-state index is 0.671. The van der Waals surface area contributed by atoms with Crippen LogP contribution in [0.2, 0.25) is 0 Å². The monoisotopic (exact) mass is 224 g/mol. The summed E-state index contributed by atoms with van der Waals surface area (Å²) in [5, 5.41) is 0. The zero-order valence-electron chi connectivity index (χ0n) is 9.51. The fraction of sp³-hybridized carbons (Fsp3) is 0.385. The molecule has 0 atom stereocenters. The third-order valence-corrected chi connectivity index (χ3v) is 2.58. The SMILES string of the molecule is COc1cc(C)c(C=CCCCl)c(C)c1. The Hall–Kier alpha value is -0.950. The topological polar surface area (TPSA) is 9.23 Å². The van der Waals surface area contributed by atoms with Gasteiger partial charge in [-0.1, -0.05) is 12.2 Å². The highest BCUT2D eigenvalue weighted by Crippen LogP contribution is 2.22. The second-order valence-electron chi connectivity index (χ2n) is 3.55. The number of hydrogen-bond donors (Lipinski definition) is 0. The van der Waals surface area contributed by atoms with Crippen molar-refractivity contribution in [3.63, 3.8) is 0 Å². The van der Waals surface area contributed by atoms with Crippen LogP contribution in [0.4, 0.5) is 0 Å². The first kappa shape index (κ1) is 12.1. The maximum atomic E-state index is 5.62. The average Bonchev–Trinajstić information content (AvgIpc) is 2.22. The summed E-state index contributed by atoms with van der Waals surface area (Å²) < 4.78 is 5.21. The van der Waals surface area contributed by atoms with Crippen molar-refractivity contribution < 1.29 is 4.74 Å². The molecular weight excluding hydrogens is 208 g/mol. The number of benzene rings is 1. The number of aryl methyl sites for hydroxylation is 2. The molecule has 0 heterocycles. The number of alkyl halides is 1. The molecule has 1 aromatic rings. The fourth-order valence-corrected chi connectivity index (χ4v) is 1.71. The summed E-state index contributed by atoms with van der Waals surface area (Å²) >= 11 is 5.62. The zero-order chi connectivity index (χ0) is 11.3. The van der Waals surface area contributed by atoms with Gasteiger partial charge in [-0.15, -0.1) is 11.6 Å². The standard InChI is InChI=1S/C13H17ClO/c1-10-8-12(15-3)9-11(2)13(10)6-4-5-7-14/h4,6,8-9H,5,7H2,1-3H3. The van der Waals surface area contributed by atoms with Crippen molar-refractivity contribution in [2.75, 3.05) is 13.0 Å². The van der Waals surface area contributed by atoms with Gasteiger partial charge in [-0.05, 0) is 49.1 Å². The van der Waals surface area contributed by atoms with E-state index < -0.39 is 0 Å². The molecule has 0 unspecified atom stereocenters. The van der Waals surface area contributed by atoms with Crippen LogP contribution in [0, 0.1) is 13.8 Å². The van der Waals surface area contributed by atoms with Gasteiger partial charge in [-0.2, -0.15) is 0 Å². The molecule has 0 N–H and O–H groups in total. The van der Waals surface area contributed by atoms with E-state index in [1.807, 2.05) is 12.1 Å². The Kier molecular flexibility index (Phi) is 4.70. The van der Waals surface area contributed by atoms with E-state index >= 15 is 0 Å². The maximum Gasteiger partial charge on any atom is 0.119 e. The van der Waals surface area contributed by atoms with Gasteiger partial charge in [0, 0.05) is 5.88 Å². The van der Waals surface area contributed by atoms with Gasteiger partial charge in [-0.3, -0.25) is 0 Å². The quantitative estimate of drug-likeness (QED) is 0.704. The minimum Gasteiger partial charge on any atom is -0.497 e. The van der Waals surface area contributed by atoms with Gasteiger partial charge in [0.25, 0.3) is 0 Å². The van der Waals surface area contributed by atoms with Gasteiger partial charge in [0.15, 0.2) is 0 Å². The molecule has 0 aliphatic rings. The van der Waals surface area contributed by atoms with Crippen LogP contribution < -0.4 is 4.74 Å². The Morgan fingerprint density at radius 3 is 2.33 bits per heavy atom. The Labute approximate surface area is 96.7 Å². The lowest BCUT2D eigenvalue weighted by Crippen LogP contribution is -1.90. The zero-order valence-corrected chi connectivity index (χ0v) is 10.3. The van der Waals surface area contributed by atoms with E-state index in [-0.39, 0.29) is 0 Å². The van der Waals surface area contributed by atoms with E-state index in [2.05, 4.69) is 26.0 Å². The Morgan fingerprint density at radius 1 is 1.27 bits per heavy atom. The molecule has 0 amide bonds. The molecule has 1 aromatic carbocycles. The maximum absolute atomic E-state index is 5.62. The van der Waals surface area contributed by atoms with E-state index in [4.69, 9.17) is 16.3 Å². The Bertz CT molecular complexity index is 333. The molecule has 0 radical (unpaired) electrons. The molecule has 0 aromatic heterocycles. The van der Waals surface area contributed by atoms with Crippen molar-refractivity contribution >= 4 is 17.7 Å². The molecular formula is C13H17ClO. The number of rotatable bonds is 4. The van der Waals surface area contributed by atoms with E-state index in [1.54, 1.807) is 7.11 Å². The van der Waals surface area contributed by atoms with E-state index in [0.29, 0.717) is 5.88 Å². The Morgan fingerprint density at radius 2 is 1.87 bits per heavy atom. The van der Waals surface area contributed by atoms with Gasteiger partial charge >= 0.3 is 0 Å². The summed E-state index contributed by atoms with van der Waals surface area (Å²) in [6.07, 6.45) is 5.15. The van der Waals surface area contributed by atoms with Crippen molar-refractivity contribution in [1.82, 2.24) is 0 Å². The fourth-order valence-electron chi connectivity index (χ4n) is 1.58. The third-order valence-electron chi connectivity index (χ3n) is 2.36. The van der Waals surface area contributed by atoms with Crippen LogP contribution in [0.5, 0.6) is 5.75 Å². The lowest BCUT2D eigenvalue weighted by atomic mass is 10.0. The second kappa shape index (κ2) is 5.82. The van der Waals surface area contributed by atoms with Gasteiger partial charge in [0.1, 0.15) is 5.75 Å². The van der Waals surface area contributed by atoms with Crippen LogP contribution in [0.3, 0.4) is 0 Å². The average molecular weight is 225 g/mol. The van der Waals surface area contributed by atoms with Gasteiger partial charge in [0.05, 0.1) is 7.11 Å². The van der Waals surface area contributed by atoms with Gasteiger partial charge < -0.3 is 4.74 Å². The van der Waals surface area contributed by atoms with E-state index in [9.17, 15) is 0 Å². The lowest BCUT2D eigenvalue weighted by molar-refractivity contribution is 0.414. The summed E-state index contributed by atoms with van der Waals surface area (Å²) in [6, 6.07) is 4.10. The molecule has 2 heteroatoms. The molecule has 15 heavy (non-hydrogen) atoms. The molecule has 0 aliphatic heterocycles. The Balaban J connectivity index is 2.98. The van der Waals surface area contributed by atoms with E-state index in [0.717, 1.165) is 12.2 Å². The lowest BCUT2D eigenvalue weighted by Gasteiger charge is -2.08. The molecule has 0 saturated carbocycles. The van der Waals surface area contributed by atoms with Crippen LogP contribution in [0.25, 0.3) is 6.08 Å². The predicted octanol–water partition coefficient (Wildman–Crippen LogP) is 3.95. The largest absolute Gasteiger partial charge is 0.497 e. The molecule has 1 nitrogen and oxygen atoms in total. The highest BCUT2D eigenvalue weighted by atomic mass is 35.5. The smallest absolute Gasteiger partial charge is 0.119 e. The number of ether oxygens (including phenoxy) is 1. The summed E-state index contributed by atoms with van der Waals surface area (Å²) in [5.41, 5.74) is 3.73. The van der Waals surface area contributed by atoms with Crippen molar-refractivity contribution in [2.24, 2.45) is 0 Å². The molecule has 0 aliphatic carbocycles. The predicted molar refractivity (Wildman–Crippen MR) is 66.8 cm³/mol. The molecule has 1 rings (SSSR count). The van der Waals surface area contributed by atoms with Crippen LogP contribution in [0.15, 0.2) is 18.2 Å². The normalized spacial score (nSPS) is 10.9. The molecule has 0 fully saturated rings. The van der Waals surface area contributed by atoms with Crippen molar-refractivity contribution in [3.05, 3.63) is 34.9 Å². The highest BCUT2D eigenvalue weighted by Gasteiger charge is 2.01. The van der Waals surface area contributed by atoms with Crippen LogP contribution in [-0.2, 0) is 0 Å². The van der Waals surface area contributed by atoms with Crippen LogP contribution >= 0.6 is 11.6 Å². The first-order valence-electron chi connectivity index (χ1n) is 5.06. The van der Waals surface area contributed by atoms with Gasteiger partial charge in [0.2, 0.25) is 0 Å². The van der Waals surface area contributed by atoms with Crippen LogP contribution in [-0.4, -0.2) is 13.0 Å². The number of allylic oxidation sites excluding steroid dienone is 1.